The second kappa shape index (κ2) is 3.58. The van der Waals surface area contributed by atoms with Crippen LogP contribution in [-0.4, -0.2) is 47.5 Å². The molecule has 2 nitrogen and oxygen atoms in total. The van der Waals surface area contributed by atoms with Crippen LogP contribution < -0.4 is 0 Å². The summed E-state index contributed by atoms with van der Waals surface area (Å²) in [7, 11) is 0. The Balaban J connectivity index is 2.81. The molecule has 0 saturated carbocycles. The molecule has 0 radical (unpaired) electrons. The fraction of sp³-hybridized carbons (Fsp3) is 1.00. The van der Waals surface area contributed by atoms with Crippen LogP contribution in [0.2, 0.25) is 0 Å². The van der Waals surface area contributed by atoms with Crippen molar-refractivity contribution in [1.82, 2.24) is 9.80 Å². The van der Waals surface area contributed by atoms with Crippen molar-refractivity contribution in [3.05, 3.63) is 0 Å². The van der Waals surface area contributed by atoms with Crippen LogP contribution in [-0.2, 0) is 0 Å². The van der Waals surface area contributed by atoms with Crippen LogP contribution in [0.1, 0.15) is 38.7 Å². The lowest BCUT2D eigenvalue weighted by Crippen LogP contribution is -2.61. The summed E-state index contributed by atoms with van der Waals surface area (Å²) in [6, 6.07) is 0.342. The SMILES string of the molecule is [2H]C([2H])([2H])N1CCN(C(C)(C)C)[C@@H](C)[C@H]1C. The fourth-order valence-corrected chi connectivity index (χ4v) is 2.09. The van der Waals surface area contributed by atoms with E-state index in [9.17, 15) is 0 Å². The van der Waals surface area contributed by atoms with Gasteiger partial charge in [0.15, 0.2) is 0 Å². The molecule has 1 heterocycles. The maximum Gasteiger partial charge on any atom is 0.0394 e. The molecule has 1 saturated heterocycles. The van der Waals surface area contributed by atoms with E-state index in [4.69, 9.17) is 4.11 Å². The highest BCUT2D eigenvalue weighted by Crippen LogP contribution is 2.23. The van der Waals surface area contributed by atoms with Crippen LogP contribution in [0.5, 0.6) is 0 Å². The molecule has 0 aromatic carbocycles. The second-order valence-corrected chi connectivity index (χ2v) is 5.04. The Hall–Kier alpha value is -0.0800. The number of nitrogens with zero attached hydrogens (tertiary/aromatic N) is 2. The molecule has 0 bridgehead atoms. The Morgan fingerprint density at radius 1 is 1.15 bits per heavy atom. The highest BCUT2D eigenvalue weighted by molar-refractivity contribution is 4.90. The van der Waals surface area contributed by atoms with Crippen LogP contribution in [0.25, 0.3) is 0 Å². The average Bonchev–Trinajstić information content (AvgIpc) is 2.05. The zero-order valence-electron chi connectivity index (χ0n) is 12.5. The minimum atomic E-state index is -1.96. The molecule has 0 aromatic heterocycles. The number of piperazine rings is 1. The predicted molar refractivity (Wildman–Crippen MR) is 58.0 cm³/mol. The summed E-state index contributed by atoms with van der Waals surface area (Å²) in [6.45, 7) is 10.2. The molecule has 2 atom stereocenters. The minimum Gasteiger partial charge on any atom is -0.301 e. The molecular weight excluding hydrogens is 160 g/mol. The summed E-state index contributed by atoms with van der Waals surface area (Å²) >= 11 is 0. The highest BCUT2D eigenvalue weighted by Gasteiger charge is 2.34. The maximum absolute atomic E-state index is 7.51. The Bertz CT molecular complexity index is 219. The third kappa shape index (κ3) is 2.23. The topological polar surface area (TPSA) is 6.48 Å². The zero-order chi connectivity index (χ0) is 12.7. The molecule has 1 fully saturated rings. The van der Waals surface area contributed by atoms with Gasteiger partial charge in [0, 0.05) is 34.8 Å². The van der Waals surface area contributed by atoms with Gasteiger partial charge in [0.05, 0.1) is 0 Å². The van der Waals surface area contributed by atoms with Crippen molar-refractivity contribution >= 4 is 0 Å². The van der Waals surface area contributed by atoms with Crippen LogP contribution in [0.15, 0.2) is 0 Å². The van der Waals surface area contributed by atoms with Crippen molar-refractivity contribution in [3.8, 4) is 0 Å². The molecule has 1 aliphatic rings. The molecular formula is C11H24N2. The number of likely N-dealkylation sites (N-methyl/N-ethyl adjacent to an activating group) is 1. The lowest BCUT2D eigenvalue weighted by molar-refractivity contribution is -0.00568. The number of hydrogen-bond donors (Lipinski definition) is 0. The van der Waals surface area contributed by atoms with Gasteiger partial charge in [-0.15, -0.1) is 0 Å². The smallest absolute Gasteiger partial charge is 0.0394 e. The molecule has 2 heteroatoms. The van der Waals surface area contributed by atoms with Crippen LogP contribution in [0.4, 0.5) is 0 Å². The van der Waals surface area contributed by atoms with Crippen molar-refractivity contribution < 1.29 is 4.11 Å². The Morgan fingerprint density at radius 2 is 1.77 bits per heavy atom. The van der Waals surface area contributed by atoms with Gasteiger partial charge in [-0.05, 0) is 41.6 Å². The molecule has 0 spiro atoms. The van der Waals surface area contributed by atoms with Gasteiger partial charge >= 0.3 is 0 Å². The summed E-state index contributed by atoms with van der Waals surface area (Å²) < 4.78 is 22.5. The largest absolute Gasteiger partial charge is 0.301 e. The summed E-state index contributed by atoms with van der Waals surface area (Å²) in [4.78, 5) is 4.03. The van der Waals surface area contributed by atoms with Gasteiger partial charge in [-0.25, -0.2) is 0 Å². The van der Waals surface area contributed by atoms with E-state index in [0.29, 0.717) is 6.54 Å². The van der Waals surface area contributed by atoms with E-state index in [1.165, 1.54) is 0 Å². The van der Waals surface area contributed by atoms with Crippen LogP contribution >= 0.6 is 0 Å². The van der Waals surface area contributed by atoms with Gasteiger partial charge < -0.3 is 4.90 Å². The van der Waals surface area contributed by atoms with Gasteiger partial charge in [-0.2, -0.15) is 0 Å². The first-order chi connectivity index (χ1) is 7.05. The van der Waals surface area contributed by atoms with Crippen molar-refractivity contribution in [2.75, 3.05) is 20.1 Å². The van der Waals surface area contributed by atoms with E-state index < -0.39 is 6.98 Å². The van der Waals surface area contributed by atoms with E-state index in [-0.39, 0.29) is 17.6 Å². The van der Waals surface area contributed by atoms with Gasteiger partial charge in [0.2, 0.25) is 0 Å². The predicted octanol–water partition coefficient (Wildman–Crippen LogP) is 1.81. The average molecular weight is 187 g/mol. The monoisotopic (exact) mass is 187 g/mol. The quantitative estimate of drug-likeness (QED) is 0.571. The van der Waals surface area contributed by atoms with Crippen molar-refractivity contribution in [2.45, 2.75) is 52.2 Å². The van der Waals surface area contributed by atoms with Gasteiger partial charge in [0.25, 0.3) is 0 Å². The summed E-state index contributed by atoms with van der Waals surface area (Å²) in [6.07, 6.45) is 0. The summed E-state index contributed by atoms with van der Waals surface area (Å²) in [5, 5.41) is 0. The Labute approximate surface area is 87.1 Å². The lowest BCUT2D eigenvalue weighted by atomic mass is 9.97. The molecule has 0 aliphatic carbocycles. The highest BCUT2D eigenvalue weighted by atomic mass is 15.3. The molecule has 0 N–H and O–H groups in total. The van der Waals surface area contributed by atoms with E-state index >= 15 is 0 Å². The molecule has 78 valence electrons. The molecule has 1 rings (SSSR count). The molecule has 1 aliphatic heterocycles. The molecule has 13 heavy (non-hydrogen) atoms. The summed E-state index contributed by atoms with van der Waals surface area (Å²) in [5.74, 6) is 0. The number of hydrogen-bond acceptors (Lipinski definition) is 2. The first-order valence-electron chi connectivity index (χ1n) is 6.58. The first kappa shape index (κ1) is 7.24. The normalized spacial score (nSPS) is 38.1. The molecule has 0 unspecified atom stereocenters. The number of rotatable bonds is 0. The van der Waals surface area contributed by atoms with Crippen molar-refractivity contribution in [3.63, 3.8) is 0 Å². The van der Waals surface area contributed by atoms with Gasteiger partial charge in [-0.3, -0.25) is 4.90 Å². The van der Waals surface area contributed by atoms with Gasteiger partial charge in [0.1, 0.15) is 0 Å². The van der Waals surface area contributed by atoms with Gasteiger partial charge in [-0.1, -0.05) is 0 Å². The minimum absolute atomic E-state index is 0.0699. The first-order valence-corrected chi connectivity index (χ1v) is 5.08. The molecule has 0 aromatic rings. The standard InChI is InChI=1S/C11H24N2/c1-9-10(2)13(11(3,4)5)8-7-12(9)6/h9-10H,7-8H2,1-6H3/t9-,10+/m1/s1/i6D3. The summed E-state index contributed by atoms with van der Waals surface area (Å²) in [5.41, 5.74) is 0.106. The third-order valence-electron chi connectivity index (χ3n) is 3.12. The van der Waals surface area contributed by atoms with Crippen LogP contribution in [0.3, 0.4) is 0 Å². The second-order valence-electron chi connectivity index (χ2n) is 5.04. The maximum atomic E-state index is 7.51. The van der Waals surface area contributed by atoms with Crippen molar-refractivity contribution in [1.29, 1.82) is 0 Å². The van der Waals surface area contributed by atoms with Crippen molar-refractivity contribution in [2.24, 2.45) is 0 Å². The van der Waals surface area contributed by atoms with E-state index in [1.54, 1.807) is 4.90 Å². The Morgan fingerprint density at radius 3 is 2.23 bits per heavy atom. The third-order valence-corrected chi connectivity index (χ3v) is 3.12. The zero-order valence-corrected chi connectivity index (χ0v) is 9.46. The van der Waals surface area contributed by atoms with E-state index in [2.05, 4.69) is 32.6 Å². The van der Waals surface area contributed by atoms with E-state index in [0.717, 1.165) is 6.54 Å². The molecule has 0 amide bonds. The Kier molecular flexibility index (Phi) is 2.00. The fourth-order valence-electron chi connectivity index (χ4n) is 2.09. The van der Waals surface area contributed by atoms with Crippen LogP contribution in [0, 0.1) is 0 Å². The van der Waals surface area contributed by atoms with E-state index in [1.807, 2.05) is 6.92 Å². The lowest BCUT2D eigenvalue weighted by Gasteiger charge is -2.49.